The summed E-state index contributed by atoms with van der Waals surface area (Å²) in [5.74, 6) is 0. The Hall–Kier alpha value is -1.76. The zero-order valence-electron chi connectivity index (χ0n) is 13.1. The molecule has 4 heteroatoms. The van der Waals surface area contributed by atoms with Crippen molar-refractivity contribution in [1.82, 2.24) is 4.90 Å². The van der Waals surface area contributed by atoms with Gasteiger partial charge in [-0.15, -0.1) is 0 Å². The molecule has 0 bridgehead atoms. The standard InChI is InChI=1S/C18H21ClN2O/c1-13(2)9-14(3)21-7-4-8-22-12-18(21)16-6-5-15(11-20)10-17(16)19/h5-6,9-10,18H,3-4,7-8,12H2,1-2H3/t18-/m1/s1. The average molecular weight is 317 g/mol. The van der Waals surface area contributed by atoms with Crippen LogP contribution in [0.5, 0.6) is 0 Å². The lowest BCUT2D eigenvalue weighted by Crippen LogP contribution is -2.29. The van der Waals surface area contributed by atoms with E-state index in [0.29, 0.717) is 17.2 Å². The zero-order valence-corrected chi connectivity index (χ0v) is 13.9. The normalized spacial score (nSPS) is 18.3. The van der Waals surface area contributed by atoms with Crippen molar-refractivity contribution in [3.63, 3.8) is 0 Å². The van der Waals surface area contributed by atoms with E-state index in [2.05, 4.69) is 37.5 Å². The molecular formula is C18H21ClN2O. The highest BCUT2D eigenvalue weighted by Gasteiger charge is 2.25. The van der Waals surface area contributed by atoms with Crippen molar-refractivity contribution in [2.75, 3.05) is 19.8 Å². The second-order valence-electron chi connectivity index (χ2n) is 5.70. The molecule has 1 atom stereocenters. The molecule has 1 saturated heterocycles. The highest BCUT2D eigenvalue weighted by molar-refractivity contribution is 6.31. The van der Waals surface area contributed by atoms with Crippen LogP contribution < -0.4 is 0 Å². The average Bonchev–Trinajstić information content (AvgIpc) is 2.72. The molecule has 0 spiro atoms. The van der Waals surface area contributed by atoms with Gasteiger partial charge in [0, 0.05) is 23.9 Å². The van der Waals surface area contributed by atoms with Crippen molar-refractivity contribution in [3.8, 4) is 6.07 Å². The van der Waals surface area contributed by atoms with Crippen molar-refractivity contribution in [2.45, 2.75) is 26.3 Å². The Morgan fingerprint density at radius 1 is 1.50 bits per heavy atom. The van der Waals surface area contributed by atoms with E-state index >= 15 is 0 Å². The van der Waals surface area contributed by atoms with Gasteiger partial charge in [-0.25, -0.2) is 0 Å². The van der Waals surface area contributed by atoms with Crippen molar-refractivity contribution in [2.24, 2.45) is 0 Å². The first-order valence-corrected chi connectivity index (χ1v) is 7.78. The monoisotopic (exact) mass is 316 g/mol. The summed E-state index contributed by atoms with van der Waals surface area (Å²) < 4.78 is 5.73. The molecule has 2 rings (SSSR count). The van der Waals surface area contributed by atoms with E-state index in [4.69, 9.17) is 21.6 Å². The second kappa shape index (κ2) is 7.49. The van der Waals surface area contributed by atoms with Gasteiger partial charge in [-0.2, -0.15) is 5.26 Å². The molecule has 0 aliphatic carbocycles. The van der Waals surface area contributed by atoms with Crippen molar-refractivity contribution in [1.29, 1.82) is 5.26 Å². The molecule has 0 N–H and O–H groups in total. The molecule has 0 unspecified atom stereocenters. The van der Waals surface area contributed by atoms with Gasteiger partial charge < -0.3 is 9.64 Å². The molecule has 22 heavy (non-hydrogen) atoms. The highest BCUT2D eigenvalue weighted by atomic mass is 35.5. The third-order valence-corrected chi connectivity index (χ3v) is 3.98. The van der Waals surface area contributed by atoms with E-state index in [9.17, 15) is 0 Å². The number of nitriles is 1. The van der Waals surface area contributed by atoms with Crippen LogP contribution in [0.4, 0.5) is 0 Å². The maximum absolute atomic E-state index is 8.98. The van der Waals surface area contributed by atoms with Gasteiger partial charge in [0.1, 0.15) is 0 Å². The third-order valence-electron chi connectivity index (χ3n) is 3.65. The molecule has 1 aliphatic rings. The SMILES string of the molecule is C=C(C=C(C)C)N1CCCOC[C@@H]1c1ccc(C#N)cc1Cl. The number of ether oxygens (including phenoxy) is 1. The number of allylic oxidation sites excluding steroid dienone is 2. The fourth-order valence-electron chi connectivity index (χ4n) is 2.66. The van der Waals surface area contributed by atoms with Crippen LogP contribution in [0.15, 0.2) is 42.1 Å². The van der Waals surface area contributed by atoms with Crippen LogP contribution in [0.1, 0.15) is 37.4 Å². The first-order chi connectivity index (χ1) is 10.5. The fraction of sp³-hybridized carbons (Fsp3) is 0.389. The maximum Gasteiger partial charge on any atom is 0.0992 e. The van der Waals surface area contributed by atoms with Crippen molar-refractivity contribution in [3.05, 3.63) is 58.3 Å². The van der Waals surface area contributed by atoms with Crippen LogP contribution in [0.2, 0.25) is 5.02 Å². The summed E-state index contributed by atoms with van der Waals surface area (Å²) in [6, 6.07) is 7.56. The number of benzene rings is 1. The Morgan fingerprint density at radius 2 is 2.27 bits per heavy atom. The molecule has 0 amide bonds. The highest BCUT2D eigenvalue weighted by Crippen LogP contribution is 2.32. The topological polar surface area (TPSA) is 36.3 Å². The minimum absolute atomic E-state index is 0.0193. The summed E-state index contributed by atoms with van der Waals surface area (Å²) in [6.07, 6.45) is 3.04. The van der Waals surface area contributed by atoms with Gasteiger partial charge in [0.2, 0.25) is 0 Å². The van der Waals surface area contributed by atoms with Crippen LogP contribution in [-0.4, -0.2) is 24.7 Å². The van der Waals surface area contributed by atoms with Gasteiger partial charge in [-0.05, 0) is 44.0 Å². The van der Waals surface area contributed by atoms with Gasteiger partial charge in [0.05, 0.1) is 24.3 Å². The number of nitrogens with zero attached hydrogens (tertiary/aromatic N) is 2. The molecule has 1 heterocycles. The molecule has 116 valence electrons. The van der Waals surface area contributed by atoms with Crippen LogP contribution in [0, 0.1) is 11.3 Å². The molecule has 1 fully saturated rings. The van der Waals surface area contributed by atoms with E-state index in [1.165, 1.54) is 5.57 Å². The van der Waals surface area contributed by atoms with Crippen LogP contribution in [0.3, 0.4) is 0 Å². The Kier molecular flexibility index (Phi) is 5.65. The maximum atomic E-state index is 8.98. The third kappa shape index (κ3) is 3.91. The summed E-state index contributed by atoms with van der Waals surface area (Å²) in [5.41, 5.74) is 3.72. The predicted molar refractivity (Wildman–Crippen MR) is 89.6 cm³/mol. The predicted octanol–water partition coefficient (Wildman–Crippen LogP) is 4.45. The summed E-state index contributed by atoms with van der Waals surface area (Å²) >= 11 is 6.39. The molecule has 0 radical (unpaired) electrons. The molecule has 1 aromatic rings. The summed E-state index contributed by atoms with van der Waals surface area (Å²) in [5, 5.41) is 9.58. The van der Waals surface area contributed by atoms with Gasteiger partial charge in [-0.1, -0.05) is 29.8 Å². The largest absolute Gasteiger partial charge is 0.379 e. The summed E-state index contributed by atoms with van der Waals surface area (Å²) in [4.78, 5) is 2.24. The molecule has 0 aromatic heterocycles. The Bertz CT molecular complexity index is 626. The fourth-order valence-corrected chi connectivity index (χ4v) is 2.97. The van der Waals surface area contributed by atoms with Crippen LogP contribution in [0.25, 0.3) is 0 Å². The van der Waals surface area contributed by atoms with E-state index in [1.807, 2.05) is 6.07 Å². The zero-order chi connectivity index (χ0) is 16.1. The number of halogens is 1. The first-order valence-electron chi connectivity index (χ1n) is 7.40. The van der Waals surface area contributed by atoms with Gasteiger partial charge in [0.25, 0.3) is 0 Å². The van der Waals surface area contributed by atoms with Crippen molar-refractivity contribution >= 4 is 11.6 Å². The summed E-state index contributed by atoms with van der Waals surface area (Å²) in [7, 11) is 0. The van der Waals surface area contributed by atoms with Crippen LogP contribution >= 0.6 is 11.6 Å². The Balaban J connectivity index is 2.37. The molecule has 1 aromatic carbocycles. The molecule has 0 saturated carbocycles. The van der Waals surface area contributed by atoms with Crippen LogP contribution in [-0.2, 0) is 4.74 Å². The number of hydrogen-bond donors (Lipinski definition) is 0. The first kappa shape index (κ1) is 16.6. The van der Waals surface area contributed by atoms with E-state index in [1.54, 1.807) is 12.1 Å². The van der Waals surface area contributed by atoms with Crippen molar-refractivity contribution < 1.29 is 4.74 Å². The van der Waals surface area contributed by atoms with Gasteiger partial charge >= 0.3 is 0 Å². The smallest absolute Gasteiger partial charge is 0.0992 e. The minimum atomic E-state index is 0.0193. The molecule has 3 nitrogen and oxygen atoms in total. The lowest BCUT2D eigenvalue weighted by molar-refractivity contribution is 0.112. The molecule has 1 aliphatic heterocycles. The number of rotatable bonds is 3. The van der Waals surface area contributed by atoms with Gasteiger partial charge in [0.15, 0.2) is 0 Å². The van der Waals surface area contributed by atoms with E-state index in [0.717, 1.165) is 30.8 Å². The summed E-state index contributed by atoms with van der Waals surface area (Å²) in [6.45, 7) is 10.5. The Labute approximate surface area is 137 Å². The Morgan fingerprint density at radius 3 is 2.91 bits per heavy atom. The van der Waals surface area contributed by atoms with E-state index < -0.39 is 0 Å². The lowest BCUT2D eigenvalue weighted by atomic mass is 10.0. The minimum Gasteiger partial charge on any atom is -0.379 e. The van der Waals surface area contributed by atoms with E-state index in [-0.39, 0.29) is 6.04 Å². The molecular weight excluding hydrogens is 296 g/mol. The lowest BCUT2D eigenvalue weighted by Gasteiger charge is -2.32. The second-order valence-corrected chi connectivity index (χ2v) is 6.11. The van der Waals surface area contributed by atoms with Gasteiger partial charge in [-0.3, -0.25) is 0 Å². The number of hydrogen-bond acceptors (Lipinski definition) is 3. The quantitative estimate of drug-likeness (QED) is 0.773.